The van der Waals surface area contributed by atoms with Gasteiger partial charge in [-0.3, -0.25) is 4.57 Å². The number of aromatic nitrogens is 1. The van der Waals surface area contributed by atoms with Gasteiger partial charge in [-0.25, -0.2) is 4.79 Å². The number of nitrogens with one attached hydrogen (secondary N) is 1. The highest BCUT2D eigenvalue weighted by molar-refractivity contribution is 5.77. The lowest BCUT2D eigenvalue weighted by Crippen LogP contribution is -2.22. The van der Waals surface area contributed by atoms with Crippen LogP contribution < -0.4 is 11.1 Å². The van der Waals surface area contributed by atoms with Crippen molar-refractivity contribution in [3.8, 4) is 0 Å². The molecule has 1 aromatic carbocycles. The summed E-state index contributed by atoms with van der Waals surface area (Å²) >= 11 is 0. The Balaban J connectivity index is 2.16. The summed E-state index contributed by atoms with van der Waals surface area (Å²) < 4.78 is 6.61. The largest absolute Gasteiger partial charge is 0.419 e. The van der Waals surface area contributed by atoms with Gasteiger partial charge in [0.1, 0.15) is 0 Å². The lowest BCUT2D eigenvalue weighted by Gasteiger charge is -2.19. The molecule has 5 heteroatoms. The summed E-state index contributed by atoms with van der Waals surface area (Å²) in [5.41, 5.74) is 2.24. The standard InChI is InChI=1S/C14H20N2O3/c1-9(2)10(8-17)7-15-11-4-5-12-13(6-11)19-14(18)16(12)3/h4-6,9-10,15,17H,7-8H2,1-3H3. The minimum Gasteiger partial charge on any atom is -0.408 e. The number of hydrogen-bond acceptors (Lipinski definition) is 4. The summed E-state index contributed by atoms with van der Waals surface area (Å²) in [4.78, 5) is 11.4. The smallest absolute Gasteiger partial charge is 0.408 e. The van der Waals surface area contributed by atoms with Crippen molar-refractivity contribution in [1.82, 2.24) is 4.57 Å². The molecule has 19 heavy (non-hydrogen) atoms. The van der Waals surface area contributed by atoms with Gasteiger partial charge in [0.25, 0.3) is 0 Å². The van der Waals surface area contributed by atoms with Gasteiger partial charge in [-0.1, -0.05) is 13.8 Å². The molecule has 2 rings (SSSR count). The number of benzene rings is 1. The molecule has 104 valence electrons. The number of aliphatic hydroxyl groups is 1. The average Bonchev–Trinajstić information content (AvgIpc) is 2.65. The molecular formula is C14H20N2O3. The van der Waals surface area contributed by atoms with E-state index in [4.69, 9.17) is 4.42 Å². The second-order valence-corrected chi connectivity index (χ2v) is 5.18. The molecule has 1 heterocycles. The Kier molecular flexibility index (Phi) is 3.95. The molecule has 1 aromatic heterocycles. The Morgan fingerprint density at radius 3 is 2.79 bits per heavy atom. The molecule has 0 bridgehead atoms. The third-order valence-electron chi connectivity index (χ3n) is 3.54. The fourth-order valence-corrected chi connectivity index (χ4v) is 2.00. The molecule has 0 spiro atoms. The van der Waals surface area contributed by atoms with E-state index < -0.39 is 0 Å². The van der Waals surface area contributed by atoms with E-state index in [-0.39, 0.29) is 18.3 Å². The second kappa shape index (κ2) is 5.48. The summed E-state index contributed by atoms with van der Waals surface area (Å²) in [6, 6.07) is 5.57. The highest BCUT2D eigenvalue weighted by Crippen LogP contribution is 2.19. The highest BCUT2D eigenvalue weighted by Gasteiger charge is 2.12. The number of fused-ring (bicyclic) bond motifs is 1. The summed E-state index contributed by atoms with van der Waals surface area (Å²) in [5, 5.41) is 12.5. The minimum absolute atomic E-state index is 0.160. The molecule has 2 aromatic rings. The average molecular weight is 264 g/mol. The first-order valence-electron chi connectivity index (χ1n) is 6.47. The van der Waals surface area contributed by atoms with Gasteiger partial charge in [-0.2, -0.15) is 0 Å². The molecule has 5 nitrogen and oxygen atoms in total. The Labute approximate surface area is 111 Å². The maximum absolute atomic E-state index is 11.4. The molecule has 1 atom stereocenters. The van der Waals surface area contributed by atoms with E-state index >= 15 is 0 Å². The normalized spacial score (nSPS) is 13.1. The lowest BCUT2D eigenvalue weighted by molar-refractivity contribution is 0.198. The third-order valence-corrected chi connectivity index (χ3v) is 3.54. The van der Waals surface area contributed by atoms with Gasteiger partial charge in [-0.05, 0) is 18.1 Å². The van der Waals surface area contributed by atoms with Gasteiger partial charge in [-0.15, -0.1) is 0 Å². The van der Waals surface area contributed by atoms with Gasteiger partial charge in [0, 0.05) is 37.9 Å². The van der Waals surface area contributed by atoms with Crippen molar-refractivity contribution in [3.63, 3.8) is 0 Å². The van der Waals surface area contributed by atoms with Crippen LogP contribution in [0.3, 0.4) is 0 Å². The Hall–Kier alpha value is -1.75. The van der Waals surface area contributed by atoms with E-state index in [2.05, 4.69) is 19.2 Å². The fraction of sp³-hybridized carbons (Fsp3) is 0.500. The fourth-order valence-electron chi connectivity index (χ4n) is 2.00. The number of aryl methyl sites for hydroxylation is 1. The molecule has 0 saturated heterocycles. The zero-order valence-corrected chi connectivity index (χ0v) is 11.5. The number of nitrogens with zero attached hydrogens (tertiary/aromatic N) is 1. The van der Waals surface area contributed by atoms with Crippen molar-refractivity contribution >= 4 is 16.8 Å². The first-order valence-corrected chi connectivity index (χ1v) is 6.47. The van der Waals surface area contributed by atoms with Crippen LogP contribution in [0.2, 0.25) is 0 Å². The van der Waals surface area contributed by atoms with Crippen molar-refractivity contribution < 1.29 is 9.52 Å². The van der Waals surface area contributed by atoms with Crippen LogP contribution in [0.5, 0.6) is 0 Å². The van der Waals surface area contributed by atoms with Crippen molar-refractivity contribution in [3.05, 3.63) is 28.7 Å². The Morgan fingerprint density at radius 2 is 2.16 bits per heavy atom. The van der Waals surface area contributed by atoms with Crippen LogP contribution in [0.1, 0.15) is 13.8 Å². The molecule has 0 aliphatic carbocycles. The molecule has 0 saturated carbocycles. The van der Waals surface area contributed by atoms with Gasteiger partial charge < -0.3 is 14.8 Å². The molecule has 0 aliphatic rings. The number of aliphatic hydroxyl groups excluding tert-OH is 1. The highest BCUT2D eigenvalue weighted by atomic mass is 16.4. The molecule has 0 aliphatic heterocycles. The minimum atomic E-state index is -0.359. The maximum Gasteiger partial charge on any atom is 0.419 e. The summed E-state index contributed by atoms with van der Waals surface area (Å²) in [7, 11) is 1.68. The van der Waals surface area contributed by atoms with E-state index in [0.29, 0.717) is 18.0 Å². The van der Waals surface area contributed by atoms with Crippen molar-refractivity contribution in [1.29, 1.82) is 0 Å². The molecule has 2 N–H and O–H groups in total. The number of anilines is 1. The topological polar surface area (TPSA) is 67.4 Å². The zero-order valence-electron chi connectivity index (χ0n) is 11.5. The zero-order chi connectivity index (χ0) is 14.0. The second-order valence-electron chi connectivity index (χ2n) is 5.18. The van der Waals surface area contributed by atoms with E-state index in [9.17, 15) is 9.90 Å². The first kappa shape index (κ1) is 13.7. The van der Waals surface area contributed by atoms with Crippen LogP contribution in [0.25, 0.3) is 11.1 Å². The van der Waals surface area contributed by atoms with Crippen LogP contribution in [-0.2, 0) is 7.05 Å². The van der Waals surface area contributed by atoms with Gasteiger partial charge in [0.2, 0.25) is 0 Å². The van der Waals surface area contributed by atoms with Crippen LogP contribution in [-0.4, -0.2) is 22.8 Å². The Bertz CT molecular complexity index is 613. The monoisotopic (exact) mass is 264 g/mol. The summed E-state index contributed by atoms with van der Waals surface area (Å²) in [6.07, 6.45) is 0. The molecule has 0 radical (unpaired) electrons. The van der Waals surface area contributed by atoms with Crippen LogP contribution in [0, 0.1) is 11.8 Å². The van der Waals surface area contributed by atoms with E-state index in [1.807, 2.05) is 18.2 Å². The molecular weight excluding hydrogens is 244 g/mol. The number of hydrogen-bond donors (Lipinski definition) is 2. The lowest BCUT2D eigenvalue weighted by atomic mass is 9.97. The molecule has 1 unspecified atom stereocenters. The number of rotatable bonds is 5. The summed E-state index contributed by atoms with van der Waals surface area (Å²) in [6.45, 7) is 5.02. The van der Waals surface area contributed by atoms with Gasteiger partial charge in [0.05, 0.1) is 5.52 Å². The maximum atomic E-state index is 11.4. The van der Waals surface area contributed by atoms with Crippen LogP contribution >= 0.6 is 0 Å². The first-order chi connectivity index (χ1) is 9.02. The van der Waals surface area contributed by atoms with Crippen molar-refractivity contribution in [2.75, 3.05) is 18.5 Å². The van der Waals surface area contributed by atoms with Gasteiger partial charge in [0.15, 0.2) is 5.58 Å². The predicted molar refractivity (Wildman–Crippen MR) is 75.4 cm³/mol. The quantitative estimate of drug-likeness (QED) is 0.864. The molecule has 0 fully saturated rings. The van der Waals surface area contributed by atoms with Crippen LogP contribution in [0.15, 0.2) is 27.4 Å². The Morgan fingerprint density at radius 1 is 1.42 bits per heavy atom. The van der Waals surface area contributed by atoms with Gasteiger partial charge >= 0.3 is 5.76 Å². The van der Waals surface area contributed by atoms with Crippen molar-refractivity contribution in [2.45, 2.75) is 13.8 Å². The summed E-state index contributed by atoms with van der Waals surface area (Å²) in [5.74, 6) is 0.261. The van der Waals surface area contributed by atoms with E-state index in [1.54, 1.807) is 7.05 Å². The molecule has 0 amide bonds. The predicted octanol–water partition coefficient (Wildman–Crippen LogP) is 1.81. The van der Waals surface area contributed by atoms with Crippen LogP contribution in [0.4, 0.5) is 5.69 Å². The van der Waals surface area contributed by atoms with E-state index in [0.717, 1.165) is 11.2 Å². The van der Waals surface area contributed by atoms with E-state index in [1.165, 1.54) is 4.57 Å². The number of oxazole rings is 1. The third kappa shape index (κ3) is 2.81. The SMILES string of the molecule is CC(C)C(CO)CNc1ccc2c(c1)oc(=O)n2C. The van der Waals surface area contributed by atoms with Crippen molar-refractivity contribution in [2.24, 2.45) is 18.9 Å².